The number of hydrogen-bond acceptors (Lipinski definition) is 5. The van der Waals surface area contributed by atoms with Crippen molar-refractivity contribution in [2.45, 2.75) is 18.6 Å². The SMILES string of the molecule is NC(=O)C1CC(Oc2ccc(F)cc2)CN1C(=O)CNC(=O)c1ccc(Oc2ccccc2)cc1. The lowest BCUT2D eigenvalue weighted by Gasteiger charge is -2.22. The summed E-state index contributed by atoms with van der Waals surface area (Å²) in [5, 5.41) is 2.57. The van der Waals surface area contributed by atoms with E-state index in [2.05, 4.69) is 5.32 Å². The van der Waals surface area contributed by atoms with Crippen molar-refractivity contribution in [3.8, 4) is 17.2 Å². The zero-order valence-electron chi connectivity index (χ0n) is 18.7. The first-order chi connectivity index (χ1) is 16.9. The van der Waals surface area contributed by atoms with E-state index in [-0.39, 0.29) is 19.5 Å². The number of primary amides is 1. The van der Waals surface area contributed by atoms with Crippen molar-refractivity contribution in [2.75, 3.05) is 13.1 Å². The third-order valence-corrected chi connectivity index (χ3v) is 5.52. The summed E-state index contributed by atoms with van der Waals surface area (Å²) < 4.78 is 24.6. The Kier molecular flexibility index (Phi) is 7.25. The van der Waals surface area contributed by atoms with E-state index < -0.39 is 35.7 Å². The van der Waals surface area contributed by atoms with Crippen LogP contribution in [0.25, 0.3) is 0 Å². The van der Waals surface area contributed by atoms with Crippen LogP contribution in [-0.4, -0.2) is 47.9 Å². The van der Waals surface area contributed by atoms with Gasteiger partial charge in [-0.1, -0.05) is 18.2 Å². The number of amides is 3. The van der Waals surface area contributed by atoms with Crippen LogP contribution in [0.2, 0.25) is 0 Å². The van der Waals surface area contributed by atoms with E-state index in [1.807, 2.05) is 30.3 Å². The van der Waals surface area contributed by atoms with Crippen molar-refractivity contribution >= 4 is 17.7 Å². The summed E-state index contributed by atoms with van der Waals surface area (Å²) in [4.78, 5) is 38.5. The molecule has 1 fully saturated rings. The van der Waals surface area contributed by atoms with Gasteiger partial charge >= 0.3 is 0 Å². The third-order valence-electron chi connectivity index (χ3n) is 5.52. The number of nitrogens with one attached hydrogen (secondary N) is 1. The minimum absolute atomic E-state index is 0.116. The second kappa shape index (κ2) is 10.7. The topological polar surface area (TPSA) is 111 Å². The number of nitrogens with zero attached hydrogens (tertiary/aromatic N) is 1. The van der Waals surface area contributed by atoms with E-state index in [0.717, 1.165) is 0 Å². The number of hydrogen-bond donors (Lipinski definition) is 2. The van der Waals surface area contributed by atoms with Crippen LogP contribution in [0.4, 0.5) is 4.39 Å². The third kappa shape index (κ3) is 6.14. The molecule has 4 rings (SSSR count). The molecule has 2 unspecified atom stereocenters. The fourth-order valence-corrected chi connectivity index (χ4v) is 3.79. The lowest BCUT2D eigenvalue weighted by Crippen LogP contribution is -2.47. The molecule has 0 spiro atoms. The Hall–Kier alpha value is -4.40. The lowest BCUT2D eigenvalue weighted by molar-refractivity contribution is -0.136. The van der Waals surface area contributed by atoms with Gasteiger partial charge in [0.15, 0.2) is 0 Å². The van der Waals surface area contributed by atoms with Crippen LogP contribution in [0.5, 0.6) is 17.2 Å². The summed E-state index contributed by atoms with van der Waals surface area (Å²) in [6.45, 7) is -0.195. The van der Waals surface area contributed by atoms with Crippen LogP contribution in [0.3, 0.4) is 0 Å². The first-order valence-corrected chi connectivity index (χ1v) is 11.0. The van der Waals surface area contributed by atoms with Gasteiger partial charge in [0.05, 0.1) is 13.1 Å². The molecule has 0 bridgehead atoms. The number of para-hydroxylation sites is 1. The molecule has 0 aromatic heterocycles. The van der Waals surface area contributed by atoms with Gasteiger partial charge in [0.2, 0.25) is 11.8 Å². The monoisotopic (exact) mass is 477 g/mol. The molecular weight excluding hydrogens is 453 g/mol. The maximum absolute atomic E-state index is 13.1. The van der Waals surface area contributed by atoms with E-state index >= 15 is 0 Å². The Balaban J connectivity index is 1.32. The molecular formula is C26H24FN3O5. The number of nitrogens with two attached hydrogens (primary N) is 1. The predicted octanol–water partition coefficient (Wildman–Crippen LogP) is 2.88. The van der Waals surface area contributed by atoms with Gasteiger partial charge in [0.1, 0.15) is 35.2 Å². The highest BCUT2D eigenvalue weighted by Crippen LogP contribution is 2.24. The number of rotatable bonds is 8. The Morgan fingerprint density at radius 1 is 0.914 bits per heavy atom. The summed E-state index contributed by atoms with van der Waals surface area (Å²) in [5.74, 6) is -0.311. The van der Waals surface area contributed by atoms with Crippen LogP contribution >= 0.6 is 0 Å². The summed E-state index contributed by atoms with van der Waals surface area (Å²) in [5.41, 5.74) is 5.83. The molecule has 3 aromatic rings. The highest BCUT2D eigenvalue weighted by atomic mass is 19.1. The Morgan fingerprint density at radius 2 is 1.54 bits per heavy atom. The van der Waals surface area contributed by atoms with Gasteiger partial charge in [0, 0.05) is 12.0 Å². The minimum Gasteiger partial charge on any atom is -0.488 e. The average Bonchev–Trinajstić information content (AvgIpc) is 3.29. The maximum Gasteiger partial charge on any atom is 0.251 e. The standard InChI is InChI=1S/C26H24FN3O5/c27-18-8-12-21(13-9-18)35-22-14-23(25(28)32)30(16-22)24(31)15-29-26(33)17-6-10-20(11-7-17)34-19-4-2-1-3-5-19/h1-13,22-23H,14-16H2,(H2,28,32)(H,29,33). The van der Waals surface area contributed by atoms with Gasteiger partial charge in [-0.05, 0) is 60.7 Å². The van der Waals surface area contributed by atoms with Gasteiger partial charge < -0.3 is 25.4 Å². The molecule has 1 aliphatic heterocycles. The van der Waals surface area contributed by atoms with Gasteiger partial charge in [-0.25, -0.2) is 4.39 Å². The summed E-state index contributed by atoms with van der Waals surface area (Å²) in [7, 11) is 0. The summed E-state index contributed by atoms with van der Waals surface area (Å²) in [6, 6.07) is 20.3. The molecule has 0 saturated carbocycles. The summed E-state index contributed by atoms with van der Waals surface area (Å²) in [6.07, 6.45) is -0.287. The van der Waals surface area contributed by atoms with Crippen LogP contribution in [0.15, 0.2) is 78.9 Å². The van der Waals surface area contributed by atoms with Crippen molar-refractivity contribution in [3.05, 3.63) is 90.2 Å². The zero-order valence-corrected chi connectivity index (χ0v) is 18.7. The van der Waals surface area contributed by atoms with Crippen molar-refractivity contribution in [2.24, 2.45) is 5.73 Å². The van der Waals surface area contributed by atoms with Gasteiger partial charge in [-0.15, -0.1) is 0 Å². The predicted molar refractivity (Wildman–Crippen MR) is 125 cm³/mol. The fraction of sp³-hybridized carbons (Fsp3) is 0.192. The molecule has 180 valence electrons. The molecule has 0 aliphatic carbocycles. The number of benzene rings is 3. The molecule has 9 heteroatoms. The second-order valence-electron chi connectivity index (χ2n) is 8.02. The largest absolute Gasteiger partial charge is 0.488 e. The fourth-order valence-electron chi connectivity index (χ4n) is 3.79. The normalized spacial score (nSPS) is 17.0. The molecule has 3 N–H and O–H groups in total. The van der Waals surface area contributed by atoms with Crippen molar-refractivity contribution < 1.29 is 28.2 Å². The lowest BCUT2D eigenvalue weighted by atomic mass is 10.2. The molecule has 35 heavy (non-hydrogen) atoms. The Bertz CT molecular complexity index is 1190. The van der Waals surface area contributed by atoms with Crippen molar-refractivity contribution in [1.29, 1.82) is 0 Å². The number of likely N-dealkylation sites (tertiary alicyclic amines) is 1. The van der Waals surface area contributed by atoms with E-state index in [0.29, 0.717) is 22.8 Å². The van der Waals surface area contributed by atoms with E-state index in [9.17, 15) is 18.8 Å². The highest BCUT2D eigenvalue weighted by molar-refractivity contribution is 5.97. The molecule has 3 amide bonds. The van der Waals surface area contributed by atoms with Crippen LogP contribution < -0.4 is 20.5 Å². The second-order valence-corrected chi connectivity index (χ2v) is 8.02. The molecule has 1 saturated heterocycles. The van der Waals surface area contributed by atoms with Crippen molar-refractivity contribution in [3.63, 3.8) is 0 Å². The van der Waals surface area contributed by atoms with Gasteiger partial charge in [-0.2, -0.15) is 0 Å². The quantitative estimate of drug-likeness (QED) is 0.518. The number of halogens is 1. The van der Waals surface area contributed by atoms with Crippen LogP contribution in [0.1, 0.15) is 16.8 Å². The van der Waals surface area contributed by atoms with Crippen molar-refractivity contribution in [1.82, 2.24) is 10.2 Å². The average molecular weight is 477 g/mol. The number of ether oxygens (including phenoxy) is 2. The molecule has 1 aliphatic rings. The Labute approximate surface area is 201 Å². The van der Waals surface area contributed by atoms with E-state index in [4.69, 9.17) is 15.2 Å². The van der Waals surface area contributed by atoms with E-state index in [1.165, 1.54) is 29.2 Å². The molecule has 0 radical (unpaired) electrons. The smallest absolute Gasteiger partial charge is 0.251 e. The van der Waals surface area contributed by atoms with Crippen LogP contribution in [-0.2, 0) is 9.59 Å². The number of carbonyl (C=O) groups excluding carboxylic acids is 3. The molecule has 2 atom stereocenters. The molecule has 1 heterocycles. The highest BCUT2D eigenvalue weighted by Gasteiger charge is 2.39. The maximum atomic E-state index is 13.1. The van der Waals surface area contributed by atoms with Gasteiger partial charge in [-0.3, -0.25) is 14.4 Å². The number of carbonyl (C=O) groups is 3. The summed E-state index contributed by atoms with van der Waals surface area (Å²) >= 11 is 0. The first-order valence-electron chi connectivity index (χ1n) is 11.0. The van der Waals surface area contributed by atoms with Gasteiger partial charge in [0.25, 0.3) is 5.91 Å². The zero-order chi connectivity index (χ0) is 24.8. The Morgan fingerprint density at radius 3 is 2.20 bits per heavy atom. The molecule has 3 aromatic carbocycles. The first kappa shape index (κ1) is 23.7. The van der Waals surface area contributed by atoms with E-state index in [1.54, 1.807) is 24.3 Å². The molecule has 8 nitrogen and oxygen atoms in total. The minimum atomic E-state index is -0.862. The van der Waals surface area contributed by atoms with Crippen LogP contribution in [0, 0.1) is 5.82 Å².